The molecule has 1 aromatic carbocycles. The maximum atomic E-state index is 11.7. The molecule has 0 aliphatic rings. The van der Waals surface area contributed by atoms with E-state index in [2.05, 4.69) is 46.4 Å². The van der Waals surface area contributed by atoms with Crippen molar-refractivity contribution in [1.82, 2.24) is 0 Å². The SMILES string of the molecule is C=CC(=O)O[Si](c1ccccc1)(C(C)C)C(C)C. The lowest BCUT2D eigenvalue weighted by atomic mass is 10.4. The molecule has 0 bridgehead atoms. The first-order valence-electron chi connectivity index (χ1n) is 6.36. The minimum Gasteiger partial charge on any atom is -0.511 e. The van der Waals surface area contributed by atoms with Crippen LogP contribution in [0.2, 0.25) is 11.1 Å². The lowest BCUT2D eigenvalue weighted by Gasteiger charge is -2.37. The van der Waals surface area contributed by atoms with Gasteiger partial charge in [-0.2, -0.15) is 0 Å². The highest BCUT2D eigenvalue weighted by Crippen LogP contribution is 2.33. The van der Waals surface area contributed by atoms with Crippen LogP contribution in [0.25, 0.3) is 0 Å². The van der Waals surface area contributed by atoms with E-state index in [4.69, 9.17) is 4.43 Å². The molecule has 0 radical (unpaired) electrons. The Morgan fingerprint density at radius 2 is 1.67 bits per heavy atom. The third-order valence-corrected chi connectivity index (χ3v) is 8.58. The Morgan fingerprint density at radius 1 is 1.17 bits per heavy atom. The Morgan fingerprint density at radius 3 is 2.06 bits per heavy atom. The van der Waals surface area contributed by atoms with Gasteiger partial charge in [0.1, 0.15) is 0 Å². The summed E-state index contributed by atoms with van der Waals surface area (Å²) in [6, 6.07) is 10.1. The van der Waals surface area contributed by atoms with E-state index in [9.17, 15) is 4.79 Å². The summed E-state index contributed by atoms with van der Waals surface area (Å²) in [4.78, 5) is 11.7. The van der Waals surface area contributed by atoms with Gasteiger partial charge in [0.15, 0.2) is 0 Å². The summed E-state index contributed by atoms with van der Waals surface area (Å²) in [5.41, 5.74) is 0.646. The molecule has 18 heavy (non-hydrogen) atoms. The van der Waals surface area contributed by atoms with Crippen LogP contribution >= 0.6 is 0 Å². The summed E-state index contributed by atoms with van der Waals surface area (Å²) in [5, 5.41) is 1.17. The van der Waals surface area contributed by atoms with Crippen molar-refractivity contribution in [3.05, 3.63) is 43.0 Å². The van der Waals surface area contributed by atoms with Crippen LogP contribution in [0, 0.1) is 0 Å². The molecule has 0 N–H and O–H groups in total. The molecule has 1 aromatic rings. The van der Waals surface area contributed by atoms with Crippen LogP contribution in [0.5, 0.6) is 0 Å². The number of hydrogen-bond acceptors (Lipinski definition) is 2. The topological polar surface area (TPSA) is 26.3 Å². The average Bonchev–Trinajstić information content (AvgIpc) is 2.35. The minimum atomic E-state index is -2.33. The van der Waals surface area contributed by atoms with Crippen LogP contribution in [0.4, 0.5) is 0 Å². The molecule has 3 heteroatoms. The molecule has 0 aliphatic heterocycles. The second-order valence-electron chi connectivity index (χ2n) is 5.09. The van der Waals surface area contributed by atoms with Crippen molar-refractivity contribution in [3.8, 4) is 0 Å². The van der Waals surface area contributed by atoms with Gasteiger partial charge in [0.05, 0.1) is 0 Å². The Bertz CT molecular complexity index is 402. The molecule has 98 valence electrons. The van der Waals surface area contributed by atoms with Crippen LogP contribution in [0.1, 0.15) is 27.7 Å². The fourth-order valence-electron chi connectivity index (χ4n) is 2.53. The lowest BCUT2D eigenvalue weighted by Crippen LogP contribution is -2.56. The number of benzene rings is 1. The predicted octanol–water partition coefficient (Wildman–Crippen LogP) is 3.39. The minimum absolute atomic E-state index is 0.312. The molecule has 0 saturated heterocycles. The van der Waals surface area contributed by atoms with Gasteiger partial charge in [-0.3, -0.25) is 0 Å². The zero-order valence-electron chi connectivity index (χ0n) is 11.6. The quantitative estimate of drug-likeness (QED) is 0.600. The monoisotopic (exact) mass is 262 g/mol. The molecule has 2 nitrogen and oxygen atoms in total. The van der Waals surface area contributed by atoms with Gasteiger partial charge in [0, 0.05) is 6.08 Å². The number of carbonyl (C=O) groups is 1. The highest BCUT2D eigenvalue weighted by molar-refractivity contribution is 6.89. The van der Waals surface area contributed by atoms with Crippen molar-refractivity contribution < 1.29 is 9.22 Å². The Hall–Kier alpha value is -1.35. The first kappa shape index (κ1) is 14.7. The molecule has 0 atom stereocenters. The van der Waals surface area contributed by atoms with E-state index in [-0.39, 0.29) is 5.97 Å². The lowest BCUT2D eigenvalue weighted by molar-refractivity contribution is -0.129. The smallest absolute Gasteiger partial charge is 0.317 e. The second kappa shape index (κ2) is 6.00. The van der Waals surface area contributed by atoms with Crippen molar-refractivity contribution >= 4 is 19.5 Å². The maximum absolute atomic E-state index is 11.7. The van der Waals surface area contributed by atoms with E-state index >= 15 is 0 Å². The third kappa shape index (κ3) is 2.72. The molecule has 0 saturated carbocycles. The largest absolute Gasteiger partial charge is 0.511 e. The zero-order valence-corrected chi connectivity index (χ0v) is 12.6. The Kier molecular flexibility index (Phi) is 4.90. The molecule has 0 amide bonds. The van der Waals surface area contributed by atoms with E-state index in [1.807, 2.05) is 18.2 Å². The summed E-state index contributed by atoms with van der Waals surface area (Å²) in [7, 11) is -2.33. The Balaban J connectivity index is 3.31. The zero-order chi connectivity index (χ0) is 13.8. The van der Waals surface area contributed by atoms with E-state index < -0.39 is 8.32 Å². The molecular formula is C15H22O2Si. The summed E-state index contributed by atoms with van der Waals surface area (Å²) >= 11 is 0. The molecule has 0 heterocycles. The van der Waals surface area contributed by atoms with Gasteiger partial charge in [-0.1, -0.05) is 64.6 Å². The van der Waals surface area contributed by atoms with E-state index in [0.717, 1.165) is 0 Å². The first-order valence-corrected chi connectivity index (χ1v) is 8.42. The van der Waals surface area contributed by atoms with Crippen LogP contribution < -0.4 is 5.19 Å². The second-order valence-corrected chi connectivity index (χ2v) is 9.77. The van der Waals surface area contributed by atoms with E-state index in [1.54, 1.807) is 0 Å². The molecule has 0 unspecified atom stereocenters. The van der Waals surface area contributed by atoms with Crippen molar-refractivity contribution in [3.63, 3.8) is 0 Å². The van der Waals surface area contributed by atoms with Crippen molar-refractivity contribution in [2.75, 3.05) is 0 Å². The average molecular weight is 262 g/mol. The van der Waals surface area contributed by atoms with Gasteiger partial charge < -0.3 is 4.43 Å². The molecule has 0 spiro atoms. The summed E-state index contributed by atoms with van der Waals surface area (Å²) in [5.74, 6) is -0.312. The first-order chi connectivity index (χ1) is 8.45. The van der Waals surface area contributed by atoms with Crippen molar-refractivity contribution in [2.24, 2.45) is 0 Å². The molecular weight excluding hydrogens is 240 g/mol. The van der Waals surface area contributed by atoms with Crippen LogP contribution in [-0.2, 0) is 9.22 Å². The number of rotatable bonds is 5. The molecule has 0 aromatic heterocycles. The molecule has 0 fully saturated rings. The van der Waals surface area contributed by atoms with Crippen molar-refractivity contribution in [1.29, 1.82) is 0 Å². The normalized spacial score (nSPS) is 11.7. The van der Waals surface area contributed by atoms with Gasteiger partial charge in [-0.25, -0.2) is 4.79 Å². The van der Waals surface area contributed by atoms with E-state index in [0.29, 0.717) is 11.1 Å². The maximum Gasteiger partial charge on any atom is 0.317 e. The van der Waals surface area contributed by atoms with Gasteiger partial charge in [-0.05, 0) is 16.3 Å². The summed E-state index contributed by atoms with van der Waals surface area (Å²) < 4.78 is 5.88. The summed E-state index contributed by atoms with van der Waals surface area (Å²) in [6.07, 6.45) is 1.26. The van der Waals surface area contributed by atoms with Crippen molar-refractivity contribution in [2.45, 2.75) is 38.8 Å². The van der Waals surface area contributed by atoms with Crippen LogP contribution in [0.3, 0.4) is 0 Å². The molecule has 1 rings (SSSR count). The standard InChI is InChI=1S/C15H22O2Si/c1-6-15(16)17-18(12(2)3,13(4)5)14-10-8-7-9-11-14/h6-13H,1H2,2-5H3. The van der Waals surface area contributed by atoms with Gasteiger partial charge in [-0.15, -0.1) is 0 Å². The number of hydrogen-bond donors (Lipinski definition) is 0. The van der Waals surface area contributed by atoms with Crippen LogP contribution in [-0.4, -0.2) is 14.3 Å². The Labute approximate surface area is 111 Å². The molecule has 0 aliphatic carbocycles. The van der Waals surface area contributed by atoms with E-state index in [1.165, 1.54) is 11.3 Å². The number of carbonyl (C=O) groups excluding carboxylic acids is 1. The van der Waals surface area contributed by atoms with Crippen LogP contribution in [0.15, 0.2) is 43.0 Å². The van der Waals surface area contributed by atoms with Gasteiger partial charge >= 0.3 is 5.97 Å². The summed E-state index contributed by atoms with van der Waals surface area (Å²) in [6.45, 7) is 12.0. The fraction of sp³-hybridized carbons (Fsp3) is 0.400. The fourth-order valence-corrected chi connectivity index (χ4v) is 6.92. The highest BCUT2D eigenvalue weighted by atomic mass is 28.4. The van der Waals surface area contributed by atoms with Gasteiger partial charge in [0.2, 0.25) is 0 Å². The predicted molar refractivity (Wildman–Crippen MR) is 78.3 cm³/mol. The highest BCUT2D eigenvalue weighted by Gasteiger charge is 2.46. The van der Waals surface area contributed by atoms with Gasteiger partial charge in [0.25, 0.3) is 8.32 Å². The third-order valence-electron chi connectivity index (χ3n) is 3.38.